The Bertz CT molecular complexity index is 523. The van der Waals surface area contributed by atoms with Crippen LogP contribution in [0.15, 0.2) is 18.2 Å². The number of hydrogen-bond acceptors (Lipinski definition) is 4. The average molecular weight is 344 g/mol. The van der Waals surface area contributed by atoms with Crippen LogP contribution in [0.4, 0.5) is 8.78 Å². The minimum Gasteiger partial charge on any atom is -0.351 e. The standard InChI is InChI=1S/C17H26F2N2O3/c1-4-21(11-16(23-5-2)24-6-3)17(22)15(20)10-12-7-8-13(18)14(19)9-12/h7-9,15-16H,4-6,10-11,20H2,1-3H3. The van der Waals surface area contributed by atoms with E-state index in [-0.39, 0.29) is 18.9 Å². The molecule has 1 aromatic rings. The summed E-state index contributed by atoms with van der Waals surface area (Å²) < 4.78 is 37.1. The van der Waals surface area contributed by atoms with Gasteiger partial charge in [-0.05, 0) is 44.9 Å². The normalized spacial score (nSPS) is 12.5. The van der Waals surface area contributed by atoms with E-state index >= 15 is 0 Å². The summed E-state index contributed by atoms with van der Waals surface area (Å²) in [6.45, 7) is 7.17. The minimum absolute atomic E-state index is 0.125. The van der Waals surface area contributed by atoms with Crippen LogP contribution in [-0.4, -0.2) is 49.4 Å². The summed E-state index contributed by atoms with van der Waals surface area (Å²) in [6, 6.07) is 2.66. The van der Waals surface area contributed by atoms with Gasteiger partial charge in [0.1, 0.15) is 0 Å². The van der Waals surface area contributed by atoms with E-state index in [0.29, 0.717) is 25.3 Å². The predicted molar refractivity (Wildman–Crippen MR) is 87.3 cm³/mol. The van der Waals surface area contributed by atoms with Crippen molar-refractivity contribution in [3.63, 3.8) is 0 Å². The van der Waals surface area contributed by atoms with Crippen LogP contribution in [-0.2, 0) is 20.7 Å². The first kappa shape index (κ1) is 20.5. The highest BCUT2D eigenvalue weighted by atomic mass is 19.2. The van der Waals surface area contributed by atoms with Gasteiger partial charge in [0.2, 0.25) is 5.91 Å². The Hall–Kier alpha value is -1.57. The second-order valence-electron chi connectivity index (χ2n) is 5.28. The first-order valence-electron chi connectivity index (χ1n) is 8.14. The molecule has 1 aromatic carbocycles. The molecule has 1 amide bonds. The Morgan fingerprint density at radius 1 is 1.17 bits per heavy atom. The first-order chi connectivity index (χ1) is 11.4. The van der Waals surface area contributed by atoms with Crippen molar-refractivity contribution in [2.75, 3.05) is 26.3 Å². The molecule has 0 bridgehead atoms. The van der Waals surface area contributed by atoms with Crippen molar-refractivity contribution in [2.45, 2.75) is 39.5 Å². The fourth-order valence-electron chi connectivity index (χ4n) is 2.32. The summed E-state index contributed by atoms with van der Waals surface area (Å²) in [5, 5.41) is 0. The number of amides is 1. The highest BCUT2D eigenvalue weighted by Gasteiger charge is 2.23. The lowest BCUT2D eigenvalue weighted by molar-refractivity contribution is -0.159. The van der Waals surface area contributed by atoms with E-state index in [0.717, 1.165) is 12.1 Å². The summed E-state index contributed by atoms with van der Waals surface area (Å²) in [5.74, 6) is -2.16. The Morgan fingerprint density at radius 2 is 1.79 bits per heavy atom. The molecule has 1 rings (SSSR count). The number of nitrogens with two attached hydrogens (primary N) is 1. The highest BCUT2D eigenvalue weighted by molar-refractivity contribution is 5.82. The molecule has 0 aliphatic rings. The van der Waals surface area contributed by atoms with E-state index in [1.807, 2.05) is 20.8 Å². The quantitative estimate of drug-likeness (QED) is 0.660. The number of benzene rings is 1. The third-order valence-electron chi connectivity index (χ3n) is 3.52. The van der Waals surface area contributed by atoms with Gasteiger partial charge in [0, 0.05) is 19.8 Å². The van der Waals surface area contributed by atoms with Crippen LogP contribution in [0.25, 0.3) is 0 Å². The van der Waals surface area contributed by atoms with Crippen LogP contribution < -0.4 is 5.73 Å². The van der Waals surface area contributed by atoms with Crippen LogP contribution in [0.1, 0.15) is 26.3 Å². The van der Waals surface area contributed by atoms with Crippen molar-refractivity contribution in [1.82, 2.24) is 4.90 Å². The van der Waals surface area contributed by atoms with Gasteiger partial charge in [0.05, 0.1) is 12.6 Å². The number of carbonyl (C=O) groups excluding carboxylic acids is 1. The van der Waals surface area contributed by atoms with E-state index in [9.17, 15) is 13.6 Å². The number of carbonyl (C=O) groups is 1. The Morgan fingerprint density at radius 3 is 2.29 bits per heavy atom. The van der Waals surface area contributed by atoms with Crippen molar-refractivity contribution in [2.24, 2.45) is 5.73 Å². The molecule has 0 radical (unpaired) electrons. The number of hydrogen-bond donors (Lipinski definition) is 1. The summed E-state index contributed by atoms with van der Waals surface area (Å²) >= 11 is 0. The summed E-state index contributed by atoms with van der Waals surface area (Å²) in [6.07, 6.45) is -0.389. The van der Waals surface area contributed by atoms with Crippen molar-refractivity contribution in [3.05, 3.63) is 35.4 Å². The molecule has 7 heteroatoms. The molecule has 0 aliphatic heterocycles. The van der Waals surface area contributed by atoms with Gasteiger partial charge in [-0.15, -0.1) is 0 Å². The van der Waals surface area contributed by atoms with Gasteiger partial charge in [-0.3, -0.25) is 4.79 Å². The largest absolute Gasteiger partial charge is 0.351 e. The van der Waals surface area contributed by atoms with Crippen molar-refractivity contribution >= 4 is 5.91 Å². The minimum atomic E-state index is -0.952. The van der Waals surface area contributed by atoms with E-state index in [4.69, 9.17) is 15.2 Å². The van der Waals surface area contributed by atoms with Crippen LogP contribution in [0.5, 0.6) is 0 Å². The second kappa shape index (κ2) is 10.3. The lowest BCUT2D eigenvalue weighted by Crippen LogP contribution is -2.48. The highest BCUT2D eigenvalue weighted by Crippen LogP contribution is 2.11. The molecule has 0 aromatic heterocycles. The molecule has 0 saturated heterocycles. The fourth-order valence-corrected chi connectivity index (χ4v) is 2.32. The topological polar surface area (TPSA) is 64.8 Å². The van der Waals surface area contributed by atoms with E-state index < -0.39 is 24.0 Å². The predicted octanol–water partition coefficient (Wildman–Crippen LogP) is 2.08. The molecule has 0 heterocycles. The van der Waals surface area contributed by atoms with Gasteiger partial charge in [-0.1, -0.05) is 6.07 Å². The molecule has 1 unspecified atom stereocenters. The number of halogens is 2. The molecule has 1 atom stereocenters. The summed E-state index contributed by atoms with van der Waals surface area (Å²) in [5.41, 5.74) is 6.42. The van der Waals surface area contributed by atoms with E-state index in [1.165, 1.54) is 6.07 Å². The molecular formula is C17H26F2N2O3. The second-order valence-corrected chi connectivity index (χ2v) is 5.28. The molecule has 24 heavy (non-hydrogen) atoms. The molecule has 0 aliphatic carbocycles. The number of likely N-dealkylation sites (N-methyl/N-ethyl adjacent to an activating group) is 1. The Kier molecular flexibility index (Phi) is 8.81. The monoisotopic (exact) mass is 344 g/mol. The zero-order valence-corrected chi connectivity index (χ0v) is 14.4. The zero-order valence-electron chi connectivity index (χ0n) is 14.4. The van der Waals surface area contributed by atoms with Gasteiger partial charge in [0.25, 0.3) is 0 Å². The number of nitrogens with zero attached hydrogens (tertiary/aromatic N) is 1. The molecule has 2 N–H and O–H groups in total. The fraction of sp³-hybridized carbons (Fsp3) is 0.588. The van der Waals surface area contributed by atoms with Crippen LogP contribution >= 0.6 is 0 Å². The van der Waals surface area contributed by atoms with Crippen molar-refractivity contribution in [1.29, 1.82) is 0 Å². The van der Waals surface area contributed by atoms with Crippen LogP contribution in [0.2, 0.25) is 0 Å². The average Bonchev–Trinajstić information content (AvgIpc) is 2.55. The Balaban J connectivity index is 2.70. The van der Waals surface area contributed by atoms with Gasteiger partial charge >= 0.3 is 0 Å². The van der Waals surface area contributed by atoms with Crippen molar-refractivity contribution < 1.29 is 23.0 Å². The van der Waals surface area contributed by atoms with Crippen LogP contribution in [0, 0.1) is 11.6 Å². The lowest BCUT2D eigenvalue weighted by atomic mass is 10.1. The Labute approximate surface area is 141 Å². The zero-order chi connectivity index (χ0) is 18.1. The molecule has 136 valence electrons. The number of ether oxygens (including phenoxy) is 2. The van der Waals surface area contributed by atoms with Crippen LogP contribution in [0.3, 0.4) is 0 Å². The third kappa shape index (κ3) is 6.14. The lowest BCUT2D eigenvalue weighted by Gasteiger charge is -2.28. The SMILES string of the molecule is CCOC(CN(CC)C(=O)C(N)Cc1ccc(F)c(F)c1)OCC. The summed E-state index contributed by atoms with van der Waals surface area (Å²) in [7, 11) is 0. The maximum atomic E-state index is 13.3. The van der Waals surface area contributed by atoms with Crippen molar-refractivity contribution in [3.8, 4) is 0 Å². The molecule has 0 saturated carbocycles. The van der Waals surface area contributed by atoms with Gasteiger partial charge in [-0.2, -0.15) is 0 Å². The van der Waals surface area contributed by atoms with Gasteiger partial charge in [-0.25, -0.2) is 8.78 Å². The number of rotatable bonds is 10. The van der Waals surface area contributed by atoms with Gasteiger partial charge in [0.15, 0.2) is 17.9 Å². The molecular weight excluding hydrogens is 318 g/mol. The van der Waals surface area contributed by atoms with E-state index in [1.54, 1.807) is 4.90 Å². The third-order valence-corrected chi connectivity index (χ3v) is 3.52. The first-order valence-corrected chi connectivity index (χ1v) is 8.14. The smallest absolute Gasteiger partial charge is 0.239 e. The van der Waals surface area contributed by atoms with Gasteiger partial charge < -0.3 is 20.1 Å². The maximum Gasteiger partial charge on any atom is 0.239 e. The van der Waals surface area contributed by atoms with E-state index in [2.05, 4.69) is 0 Å². The molecule has 0 spiro atoms. The maximum absolute atomic E-state index is 13.3. The molecule has 0 fully saturated rings. The molecule has 5 nitrogen and oxygen atoms in total. The summed E-state index contributed by atoms with van der Waals surface area (Å²) in [4.78, 5) is 14.0.